The standard InChI is InChI=1S/C13H13BN2O4/c1-15-13(10-6-4-3-5-7-10)14-19-11(17)8-16(2)9-12(18)20-14/h3-7,13H,8-9H2,2H3. The number of benzene rings is 1. The minimum atomic E-state index is -1.21. The number of rotatable bonds is 2. The van der Waals surface area contributed by atoms with E-state index in [1.165, 1.54) is 4.90 Å². The van der Waals surface area contributed by atoms with Crippen LogP contribution in [0.1, 0.15) is 11.5 Å². The second kappa shape index (κ2) is 6.22. The minimum Gasteiger partial charge on any atom is -0.493 e. The van der Waals surface area contributed by atoms with E-state index >= 15 is 0 Å². The fourth-order valence-electron chi connectivity index (χ4n) is 1.93. The lowest BCUT2D eigenvalue weighted by molar-refractivity contribution is -0.145. The lowest BCUT2D eigenvalue weighted by Gasteiger charge is -2.22. The van der Waals surface area contributed by atoms with Gasteiger partial charge in [-0.15, -0.1) is 0 Å². The molecule has 0 N–H and O–H groups in total. The second-order valence-corrected chi connectivity index (χ2v) is 4.51. The number of nitrogens with zero attached hydrogens (tertiary/aromatic N) is 2. The van der Waals surface area contributed by atoms with E-state index in [1.807, 2.05) is 6.07 Å². The molecule has 0 bridgehead atoms. The van der Waals surface area contributed by atoms with E-state index in [9.17, 15) is 9.59 Å². The van der Waals surface area contributed by atoms with E-state index in [-0.39, 0.29) is 13.1 Å². The fraction of sp³-hybridized carbons (Fsp3) is 0.308. The van der Waals surface area contributed by atoms with Crippen LogP contribution in [-0.4, -0.2) is 44.1 Å². The Morgan fingerprint density at radius 1 is 1.20 bits per heavy atom. The molecule has 20 heavy (non-hydrogen) atoms. The Balaban J connectivity index is 2.22. The number of hydrogen-bond donors (Lipinski definition) is 0. The number of likely N-dealkylation sites (N-methyl/N-ethyl adjacent to an activating group) is 1. The molecule has 1 unspecified atom stereocenters. The van der Waals surface area contributed by atoms with Gasteiger partial charge in [-0.3, -0.25) is 14.5 Å². The highest BCUT2D eigenvalue weighted by Crippen LogP contribution is 2.22. The van der Waals surface area contributed by atoms with Crippen molar-refractivity contribution in [2.24, 2.45) is 0 Å². The van der Waals surface area contributed by atoms with Gasteiger partial charge in [-0.1, -0.05) is 30.3 Å². The Labute approximate surface area is 117 Å². The fourth-order valence-corrected chi connectivity index (χ4v) is 1.93. The van der Waals surface area contributed by atoms with Gasteiger partial charge in [0.2, 0.25) is 0 Å². The molecule has 1 saturated heterocycles. The van der Waals surface area contributed by atoms with Gasteiger partial charge < -0.3 is 14.2 Å². The van der Waals surface area contributed by atoms with E-state index in [2.05, 4.69) is 4.85 Å². The highest BCUT2D eigenvalue weighted by atomic mass is 16.6. The van der Waals surface area contributed by atoms with Gasteiger partial charge >= 0.3 is 25.0 Å². The normalized spacial score (nSPS) is 18.3. The topological polar surface area (TPSA) is 60.2 Å². The molecule has 0 amide bonds. The third-order valence-corrected chi connectivity index (χ3v) is 2.83. The van der Waals surface area contributed by atoms with E-state index in [4.69, 9.17) is 15.9 Å². The Hall–Kier alpha value is -2.33. The average molecular weight is 272 g/mol. The summed E-state index contributed by atoms with van der Waals surface area (Å²) in [7, 11) is 0.412. The van der Waals surface area contributed by atoms with Crippen LogP contribution < -0.4 is 0 Å². The van der Waals surface area contributed by atoms with Crippen molar-refractivity contribution in [2.75, 3.05) is 20.1 Å². The van der Waals surface area contributed by atoms with Crippen molar-refractivity contribution in [3.63, 3.8) is 0 Å². The second-order valence-electron chi connectivity index (χ2n) is 4.51. The first-order chi connectivity index (χ1) is 9.60. The lowest BCUT2D eigenvalue weighted by atomic mass is 9.74. The third-order valence-electron chi connectivity index (χ3n) is 2.83. The first kappa shape index (κ1) is 14.1. The lowest BCUT2D eigenvalue weighted by Crippen LogP contribution is -2.44. The zero-order chi connectivity index (χ0) is 14.5. The van der Waals surface area contributed by atoms with E-state index in [0.717, 1.165) is 0 Å². The molecule has 0 aromatic heterocycles. The van der Waals surface area contributed by atoms with Crippen LogP contribution in [0.3, 0.4) is 0 Å². The molecule has 7 heteroatoms. The Morgan fingerprint density at radius 3 is 2.25 bits per heavy atom. The van der Waals surface area contributed by atoms with Crippen molar-refractivity contribution >= 4 is 19.1 Å². The number of carbonyl (C=O) groups excluding carboxylic acids is 2. The number of hydrogen-bond acceptors (Lipinski definition) is 5. The summed E-state index contributed by atoms with van der Waals surface area (Å²) in [6.45, 7) is 7.25. The molecule has 1 atom stereocenters. The summed E-state index contributed by atoms with van der Waals surface area (Å²) in [5.41, 5.74) is 0.641. The molecular formula is C13H13BN2O4. The predicted octanol–water partition coefficient (Wildman–Crippen LogP) is 0.706. The molecule has 0 saturated carbocycles. The van der Waals surface area contributed by atoms with E-state index < -0.39 is 25.0 Å². The zero-order valence-corrected chi connectivity index (χ0v) is 11.0. The average Bonchev–Trinajstić information content (AvgIpc) is 2.38. The summed E-state index contributed by atoms with van der Waals surface area (Å²) in [6.07, 6.45) is 0. The van der Waals surface area contributed by atoms with Gasteiger partial charge in [0, 0.05) is 5.56 Å². The van der Waals surface area contributed by atoms with Crippen molar-refractivity contribution in [1.29, 1.82) is 0 Å². The maximum Gasteiger partial charge on any atom is 0.693 e. The maximum atomic E-state index is 11.7. The van der Waals surface area contributed by atoms with Crippen LogP contribution in [0.25, 0.3) is 4.85 Å². The highest BCUT2D eigenvalue weighted by Gasteiger charge is 2.46. The van der Waals surface area contributed by atoms with Gasteiger partial charge in [0.05, 0.1) is 13.1 Å². The largest absolute Gasteiger partial charge is 0.693 e. The summed E-state index contributed by atoms with van der Waals surface area (Å²) < 4.78 is 10.2. The zero-order valence-electron chi connectivity index (χ0n) is 11.0. The molecule has 2 rings (SSSR count). The van der Waals surface area contributed by atoms with Crippen molar-refractivity contribution in [3.8, 4) is 0 Å². The summed E-state index contributed by atoms with van der Waals surface area (Å²) >= 11 is 0. The minimum absolute atomic E-state index is 0.00882. The van der Waals surface area contributed by atoms with Crippen LogP contribution in [-0.2, 0) is 18.9 Å². The summed E-state index contributed by atoms with van der Waals surface area (Å²) in [5.74, 6) is -1.89. The van der Waals surface area contributed by atoms with Crippen molar-refractivity contribution in [1.82, 2.24) is 4.90 Å². The molecule has 1 aliphatic rings. The van der Waals surface area contributed by atoms with Crippen LogP contribution >= 0.6 is 0 Å². The van der Waals surface area contributed by atoms with E-state index in [1.54, 1.807) is 31.3 Å². The molecule has 1 heterocycles. The SMILES string of the molecule is [C-]#[N+]C(B1OC(=O)CN(C)CC(=O)O1)c1ccccc1. The van der Waals surface area contributed by atoms with Gasteiger partial charge in [0.15, 0.2) is 0 Å². The van der Waals surface area contributed by atoms with Gasteiger partial charge in [-0.2, -0.15) is 0 Å². The summed E-state index contributed by atoms with van der Waals surface area (Å²) in [4.78, 5) is 28.2. The van der Waals surface area contributed by atoms with Gasteiger partial charge in [-0.05, 0) is 7.05 Å². The summed E-state index contributed by atoms with van der Waals surface area (Å²) in [5, 5.41) is 0. The molecule has 1 aliphatic heterocycles. The summed E-state index contributed by atoms with van der Waals surface area (Å²) in [6, 6.07) is 8.82. The number of carbonyl (C=O) groups is 2. The van der Waals surface area contributed by atoms with Gasteiger partial charge in [0.25, 0.3) is 0 Å². The van der Waals surface area contributed by atoms with Gasteiger partial charge in [0.1, 0.15) is 0 Å². The van der Waals surface area contributed by atoms with Crippen molar-refractivity contribution in [2.45, 2.75) is 5.94 Å². The van der Waals surface area contributed by atoms with Crippen LogP contribution in [0.5, 0.6) is 0 Å². The molecule has 6 nitrogen and oxygen atoms in total. The van der Waals surface area contributed by atoms with E-state index in [0.29, 0.717) is 5.56 Å². The van der Waals surface area contributed by atoms with Gasteiger partial charge in [-0.25, -0.2) is 6.57 Å². The molecule has 102 valence electrons. The quantitative estimate of drug-likeness (QED) is 0.586. The Kier molecular flexibility index (Phi) is 4.38. The van der Waals surface area contributed by atoms with Crippen molar-refractivity contribution < 1.29 is 18.9 Å². The molecular weight excluding hydrogens is 259 g/mol. The monoisotopic (exact) mass is 272 g/mol. The van der Waals surface area contributed by atoms with Crippen LogP contribution in [0.4, 0.5) is 0 Å². The van der Waals surface area contributed by atoms with Crippen LogP contribution in [0.2, 0.25) is 0 Å². The maximum absolute atomic E-state index is 11.7. The highest BCUT2D eigenvalue weighted by molar-refractivity contribution is 6.51. The Morgan fingerprint density at radius 2 is 1.75 bits per heavy atom. The molecule has 0 spiro atoms. The molecule has 1 fully saturated rings. The van der Waals surface area contributed by atoms with Crippen LogP contribution in [0, 0.1) is 6.57 Å². The molecule has 1 aromatic rings. The predicted molar refractivity (Wildman–Crippen MR) is 71.2 cm³/mol. The third kappa shape index (κ3) is 3.36. The Bertz CT molecular complexity index is 523. The molecule has 0 aliphatic carbocycles. The first-order valence-corrected chi connectivity index (χ1v) is 6.09. The smallest absolute Gasteiger partial charge is 0.493 e. The molecule has 0 radical (unpaired) electrons. The molecule has 1 aromatic carbocycles. The first-order valence-electron chi connectivity index (χ1n) is 6.09. The van der Waals surface area contributed by atoms with Crippen LogP contribution in [0.15, 0.2) is 30.3 Å². The van der Waals surface area contributed by atoms with Crippen molar-refractivity contribution in [3.05, 3.63) is 47.3 Å².